The van der Waals surface area contributed by atoms with E-state index in [4.69, 9.17) is 5.11 Å². The van der Waals surface area contributed by atoms with Gasteiger partial charge in [-0.3, -0.25) is 9.78 Å². The number of hydrogen-bond acceptors (Lipinski definition) is 3. The lowest BCUT2D eigenvalue weighted by Gasteiger charge is -2.01. The Kier molecular flexibility index (Phi) is 2.17. The zero-order valence-electron chi connectivity index (χ0n) is 7.68. The van der Waals surface area contributed by atoms with E-state index in [1.807, 2.05) is 0 Å². The van der Waals surface area contributed by atoms with Crippen LogP contribution in [0.25, 0.3) is 10.9 Å². The van der Waals surface area contributed by atoms with Crippen LogP contribution in [0.4, 0.5) is 0 Å². The van der Waals surface area contributed by atoms with Gasteiger partial charge in [0.2, 0.25) is 0 Å². The smallest absolute Gasteiger partial charge is 0.377 e. The Bertz CT molecular complexity index is 543. The maximum absolute atomic E-state index is 11.3. The Labute approximate surface area is 85.2 Å². The molecule has 1 aromatic carbocycles. The molecular weight excluding hydrogens is 194 g/mol. The first-order valence-electron chi connectivity index (χ1n) is 4.31. The van der Waals surface area contributed by atoms with Crippen molar-refractivity contribution in [3.8, 4) is 0 Å². The van der Waals surface area contributed by atoms with E-state index in [9.17, 15) is 9.59 Å². The molecule has 0 radical (unpaired) electrons. The molecule has 1 aromatic heterocycles. The molecule has 0 aliphatic rings. The highest BCUT2D eigenvalue weighted by Crippen LogP contribution is 2.16. The van der Waals surface area contributed by atoms with Crippen molar-refractivity contribution in [1.82, 2.24) is 4.98 Å². The number of hydrogen-bond donors (Lipinski definition) is 1. The topological polar surface area (TPSA) is 67.3 Å². The lowest BCUT2D eigenvalue weighted by atomic mass is 10.0. The molecule has 0 saturated heterocycles. The van der Waals surface area contributed by atoms with Crippen molar-refractivity contribution in [1.29, 1.82) is 0 Å². The molecule has 0 aliphatic carbocycles. The zero-order valence-corrected chi connectivity index (χ0v) is 7.68. The van der Waals surface area contributed by atoms with E-state index < -0.39 is 11.8 Å². The third kappa shape index (κ3) is 1.57. The summed E-state index contributed by atoms with van der Waals surface area (Å²) < 4.78 is 0. The van der Waals surface area contributed by atoms with Gasteiger partial charge in [0, 0.05) is 17.1 Å². The van der Waals surface area contributed by atoms with Crippen molar-refractivity contribution < 1.29 is 14.7 Å². The van der Waals surface area contributed by atoms with Crippen molar-refractivity contribution in [3.05, 3.63) is 42.1 Å². The minimum Gasteiger partial charge on any atom is -0.475 e. The minimum atomic E-state index is -1.45. The normalized spacial score (nSPS) is 10.1. The molecule has 0 atom stereocenters. The number of carboxylic acids is 1. The van der Waals surface area contributed by atoms with E-state index in [2.05, 4.69) is 4.98 Å². The van der Waals surface area contributed by atoms with E-state index in [1.165, 1.54) is 6.07 Å². The average Bonchev–Trinajstić information content (AvgIpc) is 2.27. The number of ketones is 1. The predicted octanol–water partition coefficient (Wildman–Crippen LogP) is 1.50. The molecule has 0 saturated carbocycles. The number of aromatic nitrogens is 1. The molecule has 4 nitrogen and oxygen atoms in total. The number of nitrogens with zero attached hydrogens (tertiary/aromatic N) is 1. The molecule has 0 amide bonds. The Hall–Kier alpha value is -2.23. The van der Waals surface area contributed by atoms with Crippen LogP contribution in [0, 0.1) is 0 Å². The molecule has 0 spiro atoms. The summed E-state index contributed by atoms with van der Waals surface area (Å²) in [5.41, 5.74) is 0.790. The third-order valence-electron chi connectivity index (χ3n) is 2.08. The monoisotopic (exact) mass is 201 g/mol. The molecule has 4 heteroatoms. The van der Waals surface area contributed by atoms with Gasteiger partial charge >= 0.3 is 5.97 Å². The summed E-state index contributed by atoms with van der Waals surface area (Å²) in [6.07, 6.45) is 1.59. The number of Topliss-reactive ketones (excluding diaryl/α,β-unsaturated/α-hetero) is 1. The van der Waals surface area contributed by atoms with Gasteiger partial charge in [0.25, 0.3) is 5.78 Å². The van der Waals surface area contributed by atoms with Crippen LogP contribution < -0.4 is 0 Å². The van der Waals surface area contributed by atoms with Gasteiger partial charge in [-0.15, -0.1) is 0 Å². The lowest BCUT2D eigenvalue weighted by molar-refractivity contribution is -0.131. The molecular formula is C11H7NO3. The summed E-state index contributed by atoms with van der Waals surface area (Å²) in [6.45, 7) is 0. The first-order chi connectivity index (χ1) is 7.20. The number of carbonyl (C=O) groups excluding carboxylic acids is 1. The van der Waals surface area contributed by atoms with Crippen LogP contribution in [0.1, 0.15) is 10.4 Å². The van der Waals surface area contributed by atoms with Crippen molar-refractivity contribution in [3.63, 3.8) is 0 Å². The molecule has 0 unspecified atom stereocenters. The van der Waals surface area contributed by atoms with Gasteiger partial charge in [-0.1, -0.05) is 18.2 Å². The van der Waals surface area contributed by atoms with E-state index in [0.29, 0.717) is 10.9 Å². The highest BCUT2D eigenvalue weighted by molar-refractivity contribution is 6.42. The Morgan fingerprint density at radius 1 is 1.13 bits per heavy atom. The standard InChI is InChI=1S/C11H7NO3/c13-10(11(14)15)8-3-1-5-9-7(8)4-2-6-12-9/h1-6H,(H,14,15). The number of rotatable bonds is 2. The van der Waals surface area contributed by atoms with Crippen LogP contribution in [-0.2, 0) is 4.79 Å². The van der Waals surface area contributed by atoms with Gasteiger partial charge in [0.1, 0.15) is 0 Å². The average molecular weight is 201 g/mol. The molecule has 0 fully saturated rings. The summed E-state index contributed by atoms with van der Waals surface area (Å²) in [5, 5.41) is 9.19. The number of carbonyl (C=O) groups is 2. The molecule has 1 N–H and O–H groups in total. The second kappa shape index (κ2) is 3.49. The first kappa shape index (κ1) is 9.33. The summed E-state index contributed by atoms with van der Waals surface area (Å²) >= 11 is 0. The van der Waals surface area contributed by atoms with Crippen LogP contribution >= 0.6 is 0 Å². The second-order valence-electron chi connectivity index (χ2n) is 3.01. The Morgan fingerprint density at radius 2 is 1.93 bits per heavy atom. The zero-order chi connectivity index (χ0) is 10.8. The van der Waals surface area contributed by atoms with Gasteiger partial charge < -0.3 is 5.11 Å². The minimum absolute atomic E-state index is 0.174. The summed E-state index contributed by atoms with van der Waals surface area (Å²) in [7, 11) is 0. The fourth-order valence-corrected chi connectivity index (χ4v) is 1.42. The van der Waals surface area contributed by atoms with Gasteiger partial charge in [-0.05, 0) is 12.1 Å². The van der Waals surface area contributed by atoms with Gasteiger partial charge in [-0.25, -0.2) is 4.79 Å². The van der Waals surface area contributed by atoms with Gasteiger partial charge in [-0.2, -0.15) is 0 Å². The van der Waals surface area contributed by atoms with E-state index in [-0.39, 0.29) is 5.56 Å². The number of benzene rings is 1. The van der Waals surface area contributed by atoms with Crippen LogP contribution in [0.5, 0.6) is 0 Å². The van der Waals surface area contributed by atoms with Crippen LogP contribution in [0.2, 0.25) is 0 Å². The maximum atomic E-state index is 11.3. The Balaban J connectivity index is 2.71. The number of aliphatic carboxylic acids is 1. The maximum Gasteiger partial charge on any atom is 0.377 e. The van der Waals surface area contributed by atoms with Crippen molar-refractivity contribution >= 4 is 22.7 Å². The van der Waals surface area contributed by atoms with Crippen molar-refractivity contribution in [2.75, 3.05) is 0 Å². The number of pyridine rings is 1. The molecule has 1 heterocycles. The summed E-state index contributed by atoms with van der Waals surface area (Å²) in [4.78, 5) is 25.9. The predicted molar refractivity (Wildman–Crippen MR) is 53.7 cm³/mol. The fraction of sp³-hybridized carbons (Fsp3) is 0. The largest absolute Gasteiger partial charge is 0.475 e. The molecule has 74 valence electrons. The summed E-state index contributed by atoms with van der Waals surface area (Å²) in [6, 6.07) is 8.18. The van der Waals surface area contributed by atoms with E-state index in [1.54, 1.807) is 30.5 Å². The third-order valence-corrected chi connectivity index (χ3v) is 2.08. The van der Waals surface area contributed by atoms with Crippen molar-refractivity contribution in [2.45, 2.75) is 0 Å². The van der Waals surface area contributed by atoms with Crippen LogP contribution in [0.15, 0.2) is 36.5 Å². The SMILES string of the molecule is O=C(O)C(=O)c1cccc2ncccc12. The Morgan fingerprint density at radius 3 is 2.67 bits per heavy atom. The molecule has 0 aliphatic heterocycles. The fourth-order valence-electron chi connectivity index (χ4n) is 1.42. The van der Waals surface area contributed by atoms with Gasteiger partial charge in [0.15, 0.2) is 0 Å². The van der Waals surface area contributed by atoms with Gasteiger partial charge in [0.05, 0.1) is 5.52 Å². The first-order valence-corrected chi connectivity index (χ1v) is 4.31. The number of carboxylic acid groups (broad SMARTS) is 1. The van der Waals surface area contributed by atoms with E-state index in [0.717, 1.165) is 0 Å². The molecule has 0 bridgehead atoms. The van der Waals surface area contributed by atoms with Crippen molar-refractivity contribution in [2.24, 2.45) is 0 Å². The quantitative estimate of drug-likeness (QED) is 0.590. The highest BCUT2D eigenvalue weighted by Gasteiger charge is 2.16. The van der Waals surface area contributed by atoms with Crippen LogP contribution in [-0.4, -0.2) is 21.8 Å². The van der Waals surface area contributed by atoms with Crippen LogP contribution in [0.3, 0.4) is 0 Å². The second-order valence-corrected chi connectivity index (χ2v) is 3.01. The molecule has 2 rings (SSSR count). The van der Waals surface area contributed by atoms with E-state index >= 15 is 0 Å². The number of fused-ring (bicyclic) bond motifs is 1. The highest BCUT2D eigenvalue weighted by atomic mass is 16.4. The lowest BCUT2D eigenvalue weighted by Crippen LogP contribution is -2.13. The molecule has 15 heavy (non-hydrogen) atoms. The molecule has 2 aromatic rings. The summed E-state index contributed by atoms with van der Waals surface area (Å²) in [5.74, 6) is -2.36.